The van der Waals surface area contributed by atoms with Gasteiger partial charge in [-0.25, -0.2) is 0 Å². The molecule has 0 spiro atoms. The molecule has 0 amide bonds. The number of aliphatic carboxylic acids is 1. The topological polar surface area (TPSA) is 63.3 Å². The third-order valence-corrected chi connectivity index (χ3v) is 5.73. The molecule has 2 atom stereocenters. The largest absolute Gasteiger partial charge is 0.480 e. The van der Waals surface area contributed by atoms with Crippen molar-refractivity contribution in [1.82, 2.24) is 0 Å². The molecule has 1 aromatic carbocycles. The summed E-state index contributed by atoms with van der Waals surface area (Å²) >= 11 is 1.68. The van der Waals surface area contributed by atoms with E-state index in [9.17, 15) is 4.79 Å². The summed E-state index contributed by atoms with van der Waals surface area (Å²) in [6, 6.07) is 7.78. The van der Waals surface area contributed by atoms with Crippen molar-refractivity contribution in [2.75, 3.05) is 5.75 Å². The molecule has 1 unspecified atom stereocenters. The van der Waals surface area contributed by atoms with Gasteiger partial charge in [0, 0.05) is 10.5 Å². The zero-order valence-corrected chi connectivity index (χ0v) is 13.0. The van der Waals surface area contributed by atoms with Crippen LogP contribution in [0.2, 0.25) is 0 Å². The lowest BCUT2D eigenvalue weighted by Crippen LogP contribution is -2.47. The lowest BCUT2D eigenvalue weighted by Gasteiger charge is -2.32. The number of aryl methyl sites for hydroxylation is 1. The Morgan fingerprint density at radius 3 is 2.90 bits per heavy atom. The molecule has 0 saturated heterocycles. The molecule has 0 fully saturated rings. The van der Waals surface area contributed by atoms with Gasteiger partial charge < -0.3 is 10.8 Å². The third kappa shape index (κ3) is 3.36. The van der Waals surface area contributed by atoms with Gasteiger partial charge in [0.15, 0.2) is 0 Å². The van der Waals surface area contributed by atoms with Crippen LogP contribution in [0, 0.1) is 0 Å². The highest BCUT2D eigenvalue weighted by Crippen LogP contribution is 2.38. The van der Waals surface area contributed by atoms with Crippen LogP contribution in [-0.4, -0.2) is 27.6 Å². The molecule has 0 bridgehead atoms. The fourth-order valence-electron chi connectivity index (χ4n) is 2.73. The minimum absolute atomic E-state index is 0.446. The Labute approximate surface area is 124 Å². The van der Waals surface area contributed by atoms with Gasteiger partial charge in [0.05, 0.1) is 0 Å². The number of carbonyl (C=O) groups is 1. The molecular weight excluding hydrogens is 270 g/mol. The second kappa shape index (κ2) is 6.19. The predicted molar refractivity (Wildman–Crippen MR) is 84.3 cm³/mol. The molecular formula is C16H23NO2S. The molecule has 0 aliphatic heterocycles. The van der Waals surface area contributed by atoms with E-state index in [-0.39, 0.29) is 0 Å². The van der Waals surface area contributed by atoms with Gasteiger partial charge in [0.25, 0.3) is 0 Å². The van der Waals surface area contributed by atoms with E-state index in [1.807, 2.05) is 13.8 Å². The minimum atomic E-state index is -0.924. The van der Waals surface area contributed by atoms with Crippen LogP contribution in [0.25, 0.3) is 0 Å². The van der Waals surface area contributed by atoms with Crippen LogP contribution in [0.3, 0.4) is 0 Å². The van der Waals surface area contributed by atoms with Crippen molar-refractivity contribution in [2.45, 2.75) is 49.8 Å². The van der Waals surface area contributed by atoms with Crippen LogP contribution >= 0.6 is 11.8 Å². The number of thioether (sulfide) groups is 1. The molecule has 0 heterocycles. The number of benzene rings is 1. The molecule has 0 radical (unpaired) electrons. The number of hydrogen-bond donors (Lipinski definition) is 2. The number of fused-ring (bicyclic) bond motifs is 1. The summed E-state index contributed by atoms with van der Waals surface area (Å²) in [6.07, 6.45) is 3.56. The number of nitrogens with two attached hydrogens (primary N) is 1. The quantitative estimate of drug-likeness (QED) is 0.876. The maximum Gasteiger partial charge on any atom is 0.321 e. The summed E-state index contributed by atoms with van der Waals surface area (Å²) in [5.74, 6) is 0.530. The van der Waals surface area contributed by atoms with Gasteiger partial charge in [-0.2, -0.15) is 11.8 Å². The third-order valence-electron chi connectivity index (χ3n) is 4.17. The predicted octanol–water partition coefficient (Wildman–Crippen LogP) is 3.03. The van der Waals surface area contributed by atoms with Crippen LogP contribution < -0.4 is 5.73 Å². The fourth-order valence-corrected chi connectivity index (χ4v) is 3.99. The van der Waals surface area contributed by atoms with Crippen LogP contribution in [-0.2, 0) is 11.2 Å². The van der Waals surface area contributed by atoms with Gasteiger partial charge in [-0.05, 0) is 50.2 Å². The molecule has 4 heteroatoms. The molecule has 3 nitrogen and oxygen atoms in total. The first-order valence-corrected chi connectivity index (χ1v) is 8.10. The Morgan fingerprint density at radius 2 is 2.20 bits per heavy atom. The first-order valence-electron chi connectivity index (χ1n) is 7.12. The Morgan fingerprint density at radius 1 is 1.50 bits per heavy atom. The van der Waals surface area contributed by atoms with Crippen LogP contribution in [0.1, 0.15) is 43.7 Å². The Balaban J connectivity index is 2.04. The monoisotopic (exact) mass is 293 g/mol. The van der Waals surface area contributed by atoms with Crippen molar-refractivity contribution >= 4 is 17.7 Å². The molecule has 2 rings (SSSR count). The minimum Gasteiger partial charge on any atom is -0.480 e. The molecule has 1 aliphatic rings. The van der Waals surface area contributed by atoms with E-state index in [1.54, 1.807) is 11.8 Å². The van der Waals surface area contributed by atoms with Crippen molar-refractivity contribution in [3.63, 3.8) is 0 Å². The highest BCUT2D eigenvalue weighted by molar-refractivity contribution is 8.00. The fraction of sp³-hybridized carbons (Fsp3) is 0.562. The summed E-state index contributed by atoms with van der Waals surface area (Å²) in [6.45, 7) is 3.84. The molecule has 0 saturated carbocycles. The van der Waals surface area contributed by atoms with E-state index in [2.05, 4.69) is 24.3 Å². The van der Waals surface area contributed by atoms with Crippen LogP contribution in [0.4, 0.5) is 0 Å². The summed E-state index contributed by atoms with van der Waals surface area (Å²) in [5.41, 5.74) is 8.67. The van der Waals surface area contributed by atoms with Crippen molar-refractivity contribution in [1.29, 1.82) is 0 Å². The summed E-state index contributed by atoms with van der Waals surface area (Å²) in [4.78, 5) is 11.1. The summed E-state index contributed by atoms with van der Waals surface area (Å²) in [5, 5.41) is 9.07. The second-order valence-corrected chi connectivity index (χ2v) is 7.69. The second-order valence-electron chi connectivity index (χ2n) is 6.02. The highest BCUT2D eigenvalue weighted by Gasteiger charge is 2.33. The number of hydrogen-bond acceptors (Lipinski definition) is 3. The standard InChI is InChI=1S/C16H23NO2S/c1-16(2,14(17)15(18)19)20-10-12-8-5-7-11-6-3-4-9-13(11)12/h3-4,6,9,12,14H,5,7-8,10,17H2,1-2H3,(H,18,19)/t12?,14-/m0/s1. The van der Waals surface area contributed by atoms with E-state index in [0.717, 1.165) is 12.2 Å². The zero-order chi connectivity index (χ0) is 14.8. The Bertz CT molecular complexity index is 487. The molecule has 0 aromatic heterocycles. The first kappa shape index (κ1) is 15.4. The average molecular weight is 293 g/mol. The SMILES string of the molecule is CC(C)(SCC1CCCc2ccccc21)[C@@H](N)C(=O)O. The van der Waals surface area contributed by atoms with Gasteiger partial charge in [0.2, 0.25) is 0 Å². The summed E-state index contributed by atoms with van der Waals surface area (Å²) < 4.78 is -0.446. The lowest BCUT2D eigenvalue weighted by molar-refractivity contribution is -0.139. The van der Waals surface area contributed by atoms with Gasteiger partial charge >= 0.3 is 5.97 Å². The van der Waals surface area contributed by atoms with Crippen LogP contribution in [0.15, 0.2) is 24.3 Å². The van der Waals surface area contributed by atoms with E-state index in [0.29, 0.717) is 5.92 Å². The number of carboxylic acid groups (broad SMARTS) is 1. The maximum absolute atomic E-state index is 11.1. The number of carboxylic acids is 1. The van der Waals surface area contributed by atoms with E-state index >= 15 is 0 Å². The van der Waals surface area contributed by atoms with E-state index in [4.69, 9.17) is 10.8 Å². The van der Waals surface area contributed by atoms with Gasteiger partial charge in [-0.1, -0.05) is 24.3 Å². The lowest BCUT2D eigenvalue weighted by atomic mass is 9.84. The molecule has 1 aliphatic carbocycles. The van der Waals surface area contributed by atoms with Gasteiger partial charge in [-0.3, -0.25) is 4.79 Å². The van der Waals surface area contributed by atoms with E-state index in [1.165, 1.54) is 24.0 Å². The normalized spacial score (nSPS) is 20.2. The smallest absolute Gasteiger partial charge is 0.321 e. The van der Waals surface area contributed by atoms with Crippen LogP contribution in [0.5, 0.6) is 0 Å². The highest BCUT2D eigenvalue weighted by atomic mass is 32.2. The Hall–Kier alpha value is -1.00. The van der Waals surface area contributed by atoms with E-state index < -0.39 is 16.8 Å². The molecule has 1 aromatic rings. The molecule has 3 N–H and O–H groups in total. The average Bonchev–Trinajstić information content (AvgIpc) is 2.44. The zero-order valence-electron chi connectivity index (χ0n) is 12.1. The number of rotatable bonds is 5. The molecule has 110 valence electrons. The molecule has 20 heavy (non-hydrogen) atoms. The van der Waals surface area contributed by atoms with Crippen molar-refractivity contribution in [3.05, 3.63) is 35.4 Å². The van der Waals surface area contributed by atoms with Gasteiger partial charge in [-0.15, -0.1) is 0 Å². The van der Waals surface area contributed by atoms with Crippen molar-refractivity contribution < 1.29 is 9.90 Å². The summed E-state index contributed by atoms with van der Waals surface area (Å²) in [7, 11) is 0. The van der Waals surface area contributed by atoms with Gasteiger partial charge in [0.1, 0.15) is 6.04 Å². The first-order chi connectivity index (χ1) is 9.42. The van der Waals surface area contributed by atoms with Crippen molar-refractivity contribution in [3.8, 4) is 0 Å². The van der Waals surface area contributed by atoms with Crippen molar-refractivity contribution in [2.24, 2.45) is 5.73 Å². The Kier molecular flexibility index (Phi) is 4.76. The maximum atomic E-state index is 11.1.